The maximum absolute atomic E-state index is 12.0. The van der Waals surface area contributed by atoms with E-state index in [2.05, 4.69) is 13.5 Å². The quantitative estimate of drug-likeness (QED) is 0.451. The fraction of sp³-hybridized carbons (Fsp3) is 0.786. The van der Waals surface area contributed by atoms with Crippen molar-refractivity contribution in [2.45, 2.75) is 64.7 Å². The number of Topliss-reactive ketones (excluding diaryl/α,β-unsaturated/α-hetero) is 1. The van der Waals surface area contributed by atoms with Crippen LogP contribution in [0.2, 0.25) is 0 Å². The van der Waals surface area contributed by atoms with Gasteiger partial charge < -0.3 is 0 Å². The normalized spacial score (nSPS) is 19.0. The van der Waals surface area contributed by atoms with E-state index in [0.29, 0.717) is 5.78 Å². The number of hydrogen-bond acceptors (Lipinski definition) is 1. The third kappa shape index (κ3) is 3.81. The summed E-state index contributed by atoms with van der Waals surface area (Å²) in [7, 11) is 0. The molecule has 0 heterocycles. The Hall–Kier alpha value is -0.590. The van der Waals surface area contributed by atoms with Gasteiger partial charge in [0.05, 0.1) is 0 Å². The number of hydrogen-bond donors (Lipinski definition) is 0. The Kier molecular flexibility index (Phi) is 5.07. The topological polar surface area (TPSA) is 17.1 Å². The zero-order valence-electron chi connectivity index (χ0n) is 10.1. The standard InChI is InChI=1S/C14H24O/c1-3-4-5-6-7-10-13(15)14(2)11-8-9-12-14/h3H,1,4-12H2,2H3. The van der Waals surface area contributed by atoms with Gasteiger partial charge in [-0.1, -0.05) is 32.3 Å². The zero-order chi connectivity index (χ0) is 11.1. The summed E-state index contributed by atoms with van der Waals surface area (Å²) in [6.45, 7) is 5.86. The molecule has 0 amide bonds. The van der Waals surface area contributed by atoms with Crippen LogP contribution in [0.1, 0.15) is 64.7 Å². The maximum atomic E-state index is 12.0. The maximum Gasteiger partial charge on any atom is 0.138 e. The monoisotopic (exact) mass is 208 g/mol. The molecule has 0 aliphatic heterocycles. The van der Waals surface area contributed by atoms with Gasteiger partial charge in [0.1, 0.15) is 5.78 Å². The van der Waals surface area contributed by atoms with E-state index in [-0.39, 0.29) is 5.41 Å². The first-order valence-corrected chi connectivity index (χ1v) is 6.33. The molecule has 15 heavy (non-hydrogen) atoms. The van der Waals surface area contributed by atoms with Crippen LogP contribution in [0.5, 0.6) is 0 Å². The molecule has 1 aliphatic rings. The predicted octanol–water partition coefficient (Wildman–Crippen LogP) is 4.27. The second-order valence-corrected chi connectivity index (χ2v) is 5.08. The molecule has 1 rings (SSSR count). The third-order valence-electron chi connectivity index (χ3n) is 3.69. The van der Waals surface area contributed by atoms with Crippen molar-refractivity contribution in [3.8, 4) is 0 Å². The highest BCUT2D eigenvalue weighted by Crippen LogP contribution is 2.39. The van der Waals surface area contributed by atoms with Crippen LogP contribution in [0.4, 0.5) is 0 Å². The first-order valence-electron chi connectivity index (χ1n) is 6.33. The summed E-state index contributed by atoms with van der Waals surface area (Å²) in [5.41, 5.74) is 0.0401. The summed E-state index contributed by atoms with van der Waals surface area (Å²) in [5, 5.41) is 0. The number of unbranched alkanes of at least 4 members (excludes halogenated alkanes) is 3. The molecular formula is C14H24O. The minimum Gasteiger partial charge on any atom is -0.299 e. The number of carbonyl (C=O) groups is 1. The lowest BCUT2D eigenvalue weighted by atomic mass is 9.82. The Labute approximate surface area is 93.9 Å². The van der Waals surface area contributed by atoms with Gasteiger partial charge >= 0.3 is 0 Å². The second-order valence-electron chi connectivity index (χ2n) is 5.08. The van der Waals surface area contributed by atoms with Crippen molar-refractivity contribution < 1.29 is 4.79 Å². The molecule has 1 nitrogen and oxygen atoms in total. The number of ketones is 1. The zero-order valence-corrected chi connectivity index (χ0v) is 10.1. The van der Waals surface area contributed by atoms with Crippen molar-refractivity contribution in [2.75, 3.05) is 0 Å². The summed E-state index contributed by atoms with van der Waals surface area (Å²) < 4.78 is 0. The van der Waals surface area contributed by atoms with Crippen LogP contribution < -0.4 is 0 Å². The average molecular weight is 208 g/mol. The summed E-state index contributed by atoms with van der Waals surface area (Å²) in [6.07, 6.45) is 12.0. The molecule has 0 aromatic carbocycles. The van der Waals surface area contributed by atoms with Gasteiger partial charge in [-0.25, -0.2) is 0 Å². The van der Waals surface area contributed by atoms with E-state index in [0.717, 1.165) is 32.1 Å². The third-order valence-corrected chi connectivity index (χ3v) is 3.69. The lowest BCUT2D eigenvalue weighted by Crippen LogP contribution is -2.23. The molecule has 0 spiro atoms. The van der Waals surface area contributed by atoms with Crippen molar-refractivity contribution in [3.05, 3.63) is 12.7 Å². The first kappa shape index (κ1) is 12.5. The SMILES string of the molecule is C=CCCCCCC(=O)C1(C)CCCC1. The molecule has 0 aromatic rings. The van der Waals surface area contributed by atoms with Crippen molar-refractivity contribution in [3.63, 3.8) is 0 Å². The van der Waals surface area contributed by atoms with E-state index in [4.69, 9.17) is 0 Å². The molecule has 1 aliphatic carbocycles. The van der Waals surface area contributed by atoms with Gasteiger partial charge in [-0.3, -0.25) is 4.79 Å². The second kappa shape index (κ2) is 6.09. The molecule has 1 heteroatoms. The Morgan fingerprint density at radius 2 is 1.93 bits per heavy atom. The molecule has 86 valence electrons. The lowest BCUT2D eigenvalue weighted by Gasteiger charge is -2.21. The van der Waals surface area contributed by atoms with E-state index in [1.807, 2.05) is 6.08 Å². The Morgan fingerprint density at radius 3 is 2.53 bits per heavy atom. The average Bonchev–Trinajstić information content (AvgIpc) is 2.66. The van der Waals surface area contributed by atoms with Gasteiger partial charge in [0, 0.05) is 11.8 Å². The molecule has 0 N–H and O–H groups in total. The molecule has 0 bridgehead atoms. The molecule has 0 atom stereocenters. The van der Waals surface area contributed by atoms with E-state index in [1.54, 1.807) is 0 Å². The van der Waals surface area contributed by atoms with Crippen molar-refractivity contribution >= 4 is 5.78 Å². The van der Waals surface area contributed by atoms with Gasteiger partial charge in [0.15, 0.2) is 0 Å². The minimum atomic E-state index is 0.0401. The Balaban J connectivity index is 2.15. The fourth-order valence-electron chi connectivity index (χ4n) is 2.49. The van der Waals surface area contributed by atoms with Crippen LogP contribution in [0.15, 0.2) is 12.7 Å². The number of rotatable bonds is 7. The van der Waals surface area contributed by atoms with Crippen molar-refractivity contribution in [2.24, 2.45) is 5.41 Å². The van der Waals surface area contributed by atoms with Crippen LogP contribution in [-0.2, 0) is 4.79 Å². The lowest BCUT2D eigenvalue weighted by molar-refractivity contribution is -0.127. The van der Waals surface area contributed by atoms with E-state index in [9.17, 15) is 4.79 Å². The molecular weight excluding hydrogens is 184 g/mol. The fourth-order valence-corrected chi connectivity index (χ4v) is 2.49. The largest absolute Gasteiger partial charge is 0.299 e. The van der Waals surface area contributed by atoms with E-state index < -0.39 is 0 Å². The molecule has 0 saturated heterocycles. The highest BCUT2D eigenvalue weighted by atomic mass is 16.1. The van der Waals surface area contributed by atoms with Crippen LogP contribution in [-0.4, -0.2) is 5.78 Å². The molecule has 1 saturated carbocycles. The van der Waals surface area contributed by atoms with Crippen molar-refractivity contribution in [1.82, 2.24) is 0 Å². The molecule has 1 fully saturated rings. The summed E-state index contributed by atoms with van der Waals surface area (Å²) in [5.74, 6) is 0.513. The number of allylic oxidation sites excluding steroid dienone is 1. The van der Waals surface area contributed by atoms with Crippen molar-refractivity contribution in [1.29, 1.82) is 0 Å². The highest BCUT2D eigenvalue weighted by Gasteiger charge is 2.34. The van der Waals surface area contributed by atoms with Gasteiger partial charge in [-0.15, -0.1) is 6.58 Å². The van der Waals surface area contributed by atoms with Crippen LogP contribution in [0.3, 0.4) is 0 Å². The van der Waals surface area contributed by atoms with Crippen LogP contribution in [0.25, 0.3) is 0 Å². The van der Waals surface area contributed by atoms with Gasteiger partial charge in [-0.2, -0.15) is 0 Å². The minimum absolute atomic E-state index is 0.0401. The van der Waals surface area contributed by atoms with E-state index >= 15 is 0 Å². The van der Waals surface area contributed by atoms with Gasteiger partial charge in [0.25, 0.3) is 0 Å². The van der Waals surface area contributed by atoms with E-state index in [1.165, 1.54) is 25.7 Å². The summed E-state index contributed by atoms with van der Waals surface area (Å²) in [4.78, 5) is 12.0. The molecule has 0 radical (unpaired) electrons. The Bertz CT molecular complexity index is 211. The first-order chi connectivity index (χ1) is 7.19. The summed E-state index contributed by atoms with van der Waals surface area (Å²) in [6, 6.07) is 0. The highest BCUT2D eigenvalue weighted by molar-refractivity contribution is 5.84. The predicted molar refractivity (Wildman–Crippen MR) is 64.9 cm³/mol. The molecule has 0 aromatic heterocycles. The summed E-state index contributed by atoms with van der Waals surface area (Å²) >= 11 is 0. The smallest absolute Gasteiger partial charge is 0.138 e. The number of carbonyl (C=O) groups excluding carboxylic acids is 1. The van der Waals surface area contributed by atoms with Crippen LogP contribution >= 0.6 is 0 Å². The Morgan fingerprint density at radius 1 is 1.27 bits per heavy atom. The van der Waals surface area contributed by atoms with Gasteiger partial charge in [-0.05, 0) is 32.1 Å². The van der Waals surface area contributed by atoms with Crippen LogP contribution in [0, 0.1) is 5.41 Å². The van der Waals surface area contributed by atoms with Gasteiger partial charge in [0.2, 0.25) is 0 Å². The molecule has 0 unspecified atom stereocenters.